The Balaban J connectivity index is 1.80. The van der Waals surface area contributed by atoms with Crippen LogP contribution in [0, 0.1) is 0 Å². The molecule has 0 amide bonds. The third kappa shape index (κ3) is 3.09. The molecule has 78 valence electrons. The molecule has 0 fully saturated rings. The Morgan fingerprint density at radius 2 is 1.93 bits per heavy atom. The van der Waals surface area contributed by atoms with E-state index in [4.69, 9.17) is 0 Å². The second kappa shape index (κ2) is 4.98. The summed E-state index contributed by atoms with van der Waals surface area (Å²) in [7, 11) is 0. The number of hydrogen-bond acceptors (Lipinski definition) is 3. The summed E-state index contributed by atoms with van der Waals surface area (Å²) >= 11 is 3.99. The molecule has 2 rings (SSSR count). The van der Waals surface area contributed by atoms with Crippen LogP contribution in [-0.4, -0.2) is 14.4 Å². The van der Waals surface area contributed by atoms with Gasteiger partial charge in [0.1, 0.15) is 0 Å². The van der Waals surface area contributed by atoms with Gasteiger partial charge < -0.3 is 0 Å². The standard InChI is InChI=1S/C11H13N3S/c15-14-12-9-11(13-14)8-4-7-10-5-2-1-3-6-10/h1-3,5-6,9,15H,4,7-8H2. The first-order valence-corrected chi connectivity index (χ1v) is 5.39. The van der Waals surface area contributed by atoms with E-state index in [1.807, 2.05) is 6.07 Å². The number of hydrogen-bond donors (Lipinski definition) is 1. The molecular weight excluding hydrogens is 206 g/mol. The average Bonchev–Trinajstić information content (AvgIpc) is 2.66. The van der Waals surface area contributed by atoms with Gasteiger partial charge in [0.15, 0.2) is 0 Å². The van der Waals surface area contributed by atoms with Crippen LogP contribution in [0.15, 0.2) is 36.5 Å². The molecule has 0 unspecified atom stereocenters. The normalized spacial score (nSPS) is 10.5. The number of aromatic nitrogens is 3. The minimum Gasteiger partial charge on any atom is -0.151 e. The van der Waals surface area contributed by atoms with Crippen LogP contribution < -0.4 is 0 Å². The van der Waals surface area contributed by atoms with Crippen molar-refractivity contribution in [1.29, 1.82) is 0 Å². The fourth-order valence-electron chi connectivity index (χ4n) is 1.52. The topological polar surface area (TPSA) is 30.7 Å². The van der Waals surface area contributed by atoms with Gasteiger partial charge in [-0.25, -0.2) is 0 Å². The van der Waals surface area contributed by atoms with Crippen LogP contribution in [0.4, 0.5) is 0 Å². The molecule has 0 saturated heterocycles. The van der Waals surface area contributed by atoms with E-state index in [-0.39, 0.29) is 0 Å². The van der Waals surface area contributed by atoms with Gasteiger partial charge in [-0.05, 0) is 37.6 Å². The Labute approximate surface area is 94.7 Å². The smallest absolute Gasteiger partial charge is 0.0838 e. The summed E-state index contributed by atoms with van der Waals surface area (Å²) in [5.41, 5.74) is 2.37. The van der Waals surface area contributed by atoms with Gasteiger partial charge >= 0.3 is 0 Å². The predicted molar refractivity (Wildman–Crippen MR) is 62.9 cm³/mol. The first-order valence-electron chi connectivity index (χ1n) is 4.99. The Bertz CT molecular complexity index is 411. The quantitative estimate of drug-likeness (QED) is 0.799. The monoisotopic (exact) mass is 219 g/mol. The Hall–Kier alpha value is -1.29. The highest BCUT2D eigenvalue weighted by Gasteiger charge is 1.98. The Morgan fingerprint density at radius 1 is 1.13 bits per heavy atom. The van der Waals surface area contributed by atoms with Crippen molar-refractivity contribution in [3.8, 4) is 0 Å². The maximum Gasteiger partial charge on any atom is 0.0838 e. The van der Waals surface area contributed by atoms with E-state index in [1.165, 1.54) is 9.77 Å². The number of benzene rings is 1. The number of rotatable bonds is 4. The molecular formula is C11H13N3S. The summed E-state index contributed by atoms with van der Waals surface area (Å²) in [5, 5.41) is 8.02. The van der Waals surface area contributed by atoms with E-state index in [0.29, 0.717) is 0 Å². The fraction of sp³-hybridized carbons (Fsp3) is 0.273. The van der Waals surface area contributed by atoms with Crippen molar-refractivity contribution in [2.75, 3.05) is 0 Å². The SMILES string of the molecule is Sn1ncc(CCCc2ccccc2)n1. The predicted octanol–water partition coefficient (Wildman–Crippen LogP) is 2.15. The Morgan fingerprint density at radius 3 is 2.60 bits per heavy atom. The van der Waals surface area contributed by atoms with E-state index in [0.717, 1.165) is 25.0 Å². The highest BCUT2D eigenvalue weighted by Crippen LogP contribution is 2.05. The maximum absolute atomic E-state index is 4.11. The molecule has 0 aliphatic rings. The van der Waals surface area contributed by atoms with Crippen LogP contribution >= 0.6 is 12.8 Å². The summed E-state index contributed by atoms with van der Waals surface area (Å²) < 4.78 is 1.30. The van der Waals surface area contributed by atoms with Crippen molar-refractivity contribution >= 4 is 12.8 Å². The maximum atomic E-state index is 4.11. The van der Waals surface area contributed by atoms with Crippen molar-refractivity contribution in [2.45, 2.75) is 19.3 Å². The molecule has 15 heavy (non-hydrogen) atoms. The lowest BCUT2D eigenvalue weighted by atomic mass is 10.1. The van der Waals surface area contributed by atoms with Gasteiger partial charge in [0.2, 0.25) is 0 Å². The zero-order valence-electron chi connectivity index (χ0n) is 8.37. The third-order valence-electron chi connectivity index (χ3n) is 2.27. The zero-order chi connectivity index (χ0) is 10.5. The summed E-state index contributed by atoms with van der Waals surface area (Å²) in [6, 6.07) is 10.5. The summed E-state index contributed by atoms with van der Waals surface area (Å²) in [5.74, 6) is 0. The molecule has 1 aromatic carbocycles. The average molecular weight is 219 g/mol. The number of aryl methyl sites for hydroxylation is 2. The summed E-state index contributed by atoms with van der Waals surface area (Å²) in [4.78, 5) is 0. The van der Waals surface area contributed by atoms with Crippen LogP contribution in [0.1, 0.15) is 17.7 Å². The van der Waals surface area contributed by atoms with Gasteiger partial charge in [-0.2, -0.15) is 5.10 Å². The number of thiol groups is 1. The number of nitrogens with zero attached hydrogens (tertiary/aromatic N) is 3. The molecule has 3 nitrogen and oxygen atoms in total. The molecule has 0 radical (unpaired) electrons. The largest absolute Gasteiger partial charge is 0.151 e. The molecule has 1 heterocycles. The van der Waals surface area contributed by atoms with E-state index in [9.17, 15) is 0 Å². The first-order chi connectivity index (χ1) is 7.34. The molecule has 1 aromatic heterocycles. The molecule has 0 aliphatic carbocycles. The van der Waals surface area contributed by atoms with Crippen LogP contribution in [0.3, 0.4) is 0 Å². The molecule has 0 saturated carbocycles. The van der Waals surface area contributed by atoms with Gasteiger partial charge in [0.25, 0.3) is 0 Å². The summed E-state index contributed by atoms with van der Waals surface area (Å²) in [6.07, 6.45) is 4.89. The van der Waals surface area contributed by atoms with Crippen LogP contribution in [-0.2, 0) is 12.8 Å². The molecule has 0 bridgehead atoms. The van der Waals surface area contributed by atoms with Crippen molar-refractivity contribution in [3.05, 3.63) is 47.8 Å². The zero-order valence-corrected chi connectivity index (χ0v) is 9.27. The van der Waals surface area contributed by atoms with Gasteiger partial charge in [0, 0.05) is 0 Å². The highest BCUT2D eigenvalue weighted by molar-refractivity contribution is 7.78. The second-order valence-corrected chi connectivity index (χ2v) is 3.80. The second-order valence-electron chi connectivity index (χ2n) is 3.44. The van der Waals surface area contributed by atoms with Crippen molar-refractivity contribution in [3.63, 3.8) is 0 Å². The van der Waals surface area contributed by atoms with Crippen LogP contribution in [0.5, 0.6) is 0 Å². The minimum absolute atomic E-state index is 0.954. The molecule has 4 heteroatoms. The lowest BCUT2D eigenvalue weighted by Gasteiger charge is -1.98. The third-order valence-corrected chi connectivity index (χ3v) is 2.46. The van der Waals surface area contributed by atoms with E-state index >= 15 is 0 Å². The van der Waals surface area contributed by atoms with Gasteiger partial charge in [-0.1, -0.05) is 30.3 Å². The fourth-order valence-corrected chi connectivity index (χ4v) is 1.68. The molecule has 0 aliphatic heterocycles. The van der Waals surface area contributed by atoms with Gasteiger partial charge in [-0.15, -0.1) is 9.30 Å². The molecule has 0 spiro atoms. The lowest BCUT2D eigenvalue weighted by molar-refractivity contribution is 0.778. The van der Waals surface area contributed by atoms with E-state index < -0.39 is 0 Å². The molecule has 0 N–H and O–H groups in total. The van der Waals surface area contributed by atoms with Crippen LogP contribution in [0.2, 0.25) is 0 Å². The molecule has 0 atom stereocenters. The molecule has 2 aromatic rings. The van der Waals surface area contributed by atoms with Crippen molar-refractivity contribution in [1.82, 2.24) is 14.4 Å². The van der Waals surface area contributed by atoms with Crippen molar-refractivity contribution < 1.29 is 0 Å². The summed E-state index contributed by atoms with van der Waals surface area (Å²) in [6.45, 7) is 0. The van der Waals surface area contributed by atoms with Crippen LogP contribution in [0.25, 0.3) is 0 Å². The van der Waals surface area contributed by atoms with Gasteiger partial charge in [-0.3, -0.25) is 0 Å². The minimum atomic E-state index is 0.954. The lowest BCUT2D eigenvalue weighted by Crippen LogP contribution is -1.91. The van der Waals surface area contributed by atoms with Crippen molar-refractivity contribution in [2.24, 2.45) is 0 Å². The first kappa shape index (κ1) is 10.2. The van der Waals surface area contributed by atoms with E-state index in [2.05, 4.69) is 47.3 Å². The highest BCUT2D eigenvalue weighted by atomic mass is 32.1. The Kier molecular flexibility index (Phi) is 3.40. The van der Waals surface area contributed by atoms with Gasteiger partial charge in [0.05, 0.1) is 11.9 Å². The van der Waals surface area contributed by atoms with E-state index in [1.54, 1.807) is 6.20 Å².